The van der Waals surface area contributed by atoms with Crippen LogP contribution in [-0.2, 0) is 17.9 Å². The number of amides is 1. The number of nitrogens with zero attached hydrogens (tertiary/aromatic N) is 2. The van der Waals surface area contributed by atoms with Crippen molar-refractivity contribution in [2.75, 3.05) is 0 Å². The monoisotopic (exact) mass is 289 g/mol. The fourth-order valence-corrected chi connectivity index (χ4v) is 2.61. The van der Waals surface area contributed by atoms with Gasteiger partial charge >= 0.3 is 0 Å². The van der Waals surface area contributed by atoms with Crippen molar-refractivity contribution in [3.8, 4) is 0 Å². The number of thiophene rings is 1. The Kier molecular flexibility index (Phi) is 3.64. The number of hydrogen-bond donors (Lipinski definition) is 1. The molecule has 20 heavy (non-hydrogen) atoms. The van der Waals surface area contributed by atoms with Crippen LogP contribution >= 0.6 is 11.3 Å². The van der Waals surface area contributed by atoms with Crippen LogP contribution in [0.4, 0.5) is 0 Å². The van der Waals surface area contributed by atoms with Gasteiger partial charge in [0.1, 0.15) is 6.54 Å². The van der Waals surface area contributed by atoms with Gasteiger partial charge < -0.3 is 5.32 Å². The highest BCUT2D eigenvalue weighted by molar-refractivity contribution is 7.09. The molecule has 1 amide bonds. The van der Waals surface area contributed by atoms with Gasteiger partial charge in [-0.1, -0.05) is 6.07 Å². The van der Waals surface area contributed by atoms with Gasteiger partial charge in [-0.2, -0.15) is 5.10 Å². The second-order valence-electron chi connectivity index (χ2n) is 4.88. The SMILES string of the molecule is O=C(Cn1nc(C2CC2)ccc1=O)NCc1cccs1. The molecule has 0 radical (unpaired) electrons. The van der Waals surface area contributed by atoms with Crippen LogP contribution in [0.15, 0.2) is 34.4 Å². The molecule has 1 saturated carbocycles. The molecule has 2 aromatic rings. The molecule has 1 aliphatic carbocycles. The molecule has 0 unspecified atom stereocenters. The highest BCUT2D eigenvalue weighted by Crippen LogP contribution is 2.38. The molecule has 0 atom stereocenters. The van der Waals surface area contributed by atoms with Gasteiger partial charge in [-0.15, -0.1) is 11.3 Å². The zero-order chi connectivity index (χ0) is 13.9. The summed E-state index contributed by atoms with van der Waals surface area (Å²) in [4.78, 5) is 24.6. The van der Waals surface area contributed by atoms with Crippen LogP contribution in [0.5, 0.6) is 0 Å². The van der Waals surface area contributed by atoms with E-state index in [-0.39, 0.29) is 18.0 Å². The Balaban J connectivity index is 1.63. The van der Waals surface area contributed by atoms with E-state index in [0.29, 0.717) is 12.5 Å². The number of rotatable bonds is 5. The van der Waals surface area contributed by atoms with Gasteiger partial charge in [0.25, 0.3) is 5.56 Å². The van der Waals surface area contributed by atoms with Gasteiger partial charge in [-0.05, 0) is 30.4 Å². The van der Waals surface area contributed by atoms with E-state index in [0.717, 1.165) is 23.4 Å². The second kappa shape index (κ2) is 5.58. The Hall–Kier alpha value is -1.95. The Morgan fingerprint density at radius 3 is 2.95 bits per heavy atom. The van der Waals surface area contributed by atoms with Crippen LogP contribution in [-0.4, -0.2) is 15.7 Å². The van der Waals surface area contributed by atoms with E-state index < -0.39 is 0 Å². The average molecular weight is 289 g/mol. The lowest BCUT2D eigenvalue weighted by Gasteiger charge is -2.07. The molecule has 1 aliphatic rings. The Morgan fingerprint density at radius 2 is 2.25 bits per heavy atom. The van der Waals surface area contributed by atoms with E-state index in [9.17, 15) is 9.59 Å². The molecule has 0 aliphatic heterocycles. The minimum Gasteiger partial charge on any atom is -0.350 e. The van der Waals surface area contributed by atoms with Crippen molar-refractivity contribution in [3.05, 3.63) is 50.6 Å². The van der Waals surface area contributed by atoms with Crippen molar-refractivity contribution in [1.82, 2.24) is 15.1 Å². The number of aromatic nitrogens is 2. The second-order valence-corrected chi connectivity index (χ2v) is 5.92. The van der Waals surface area contributed by atoms with Gasteiger partial charge in [0.2, 0.25) is 5.91 Å². The molecule has 0 spiro atoms. The van der Waals surface area contributed by atoms with E-state index >= 15 is 0 Å². The predicted octanol–water partition coefficient (Wildman–Crippen LogP) is 1.50. The van der Waals surface area contributed by atoms with E-state index in [1.807, 2.05) is 17.5 Å². The first-order valence-electron chi connectivity index (χ1n) is 6.59. The zero-order valence-corrected chi connectivity index (χ0v) is 11.7. The topological polar surface area (TPSA) is 64.0 Å². The maximum atomic E-state index is 11.9. The highest BCUT2D eigenvalue weighted by atomic mass is 32.1. The largest absolute Gasteiger partial charge is 0.350 e. The number of nitrogens with one attached hydrogen (secondary N) is 1. The Morgan fingerprint density at radius 1 is 1.40 bits per heavy atom. The Bertz CT molecular complexity index is 659. The standard InChI is InChI=1S/C14H15N3O2S/c18-13(15-8-11-2-1-7-20-11)9-17-14(19)6-5-12(16-17)10-3-4-10/h1-2,5-7,10H,3-4,8-9H2,(H,15,18). The van der Waals surface area contributed by atoms with Crippen LogP contribution in [0.3, 0.4) is 0 Å². The lowest BCUT2D eigenvalue weighted by molar-refractivity contribution is -0.122. The molecule has 0 aromatic carbocycles. The lowest BCUT2D eigenvalue weighted by Crippen LogP contribution is -2.33. The quantitative estimate of drug-likeness (QED) is 0.907. The molecule has 1 N–H and O–H groups in total. The number of carbonyl (C=O) groups excluding carboxylic acids is 1. The van der Waals surface area contributed by atoms with Gasteiger partial charge in [0.15, 0.2) is 0 Å². The first-order valence-corrected chi connectivity index (χ1v) is 7.47. The number of carbonyl (C=O) groups is 1. The zero-order valence-electron chi connectivity index (χ0n) is 10.9. The summed E-state index contributed by atoms with van der Waals surface area (Å²) in [6.07, 6.45) is 2.24. The normalized spacial score (nSPS) is 14.2. The maximum absolute atomic E-state index is 11.9. The first-order chi connectivity index (χ1) is 9.72. The third-order valence-electron chi connectivity index (χ3n) is 3.22. The molecule has 5 nitrogen and oxygen atoms in total. The van der Waals surface area contributed by atoms with Crippen molar-refractivity contribution < 1.29 is 4.79 Å². The van der Waals surface area contributed by atoms with Crippen molar-refractivity contribution in [2.24, 2.45) is 0 Å². The number of hydrogen-bond acceptors (Lipinski definition) is 4. The highest BCUT2D eigenvalue weighted by Gasteiger charge is 2.25. The summed E-state index contributed by atoms with van der Waals surface area (Å²) in [7, 11) is 0. The molecular formula is C14H15N3O2S. The fourth-order valence-electron chi connectivity index (χ4n) is 1.97. The minimum absolute atomic E-state index is 0.0230. The average Bonchev–Trinajstić information content (AvgIpc) is 3.15. The summed E-state index contributed by atoms with van der Waals surface area (Å²) in [6, 6.07) is 7.16. The smallest absolute Gasteiger partial charge is 0.267 e. The van der Waals surface area contributed by atoms with Crippen molar-refractivity contribution in [3.63, 3.8) is 0 Å². The van der Waals surface area contributed by atoms with Crippen molar-refractivity contribution >= 4 is 17.2 Å². The van der Waals surface area contributed by atoms with E-state index in [1.54, 1.807) is 17.4 Å². The van der Waals surface area contributed by atoms with Gasteiger partial charge in [-0.3, -0.25) is 9.59 Å². The lowest BCUT2D eigenvalue weighted by atomic mass is 10.3. The molecule has 2 heterocycles. The van der Waals surface area contributed by atoms with E-state index in [2.05, 4.69) is 10.4 Å². The van der Waals surface area contributed by atoms with Crippen LogP contribution < -0.4 is 10.9 Å². The Labute approximate surface area is 120 Å². The molecule has 104 valence electrons. The maximum Gasteiger partial charge on any atom is 0.267 e. The van der Waals surface area contributed by atoms with E-state index in [4.69, 9.17) is 0 Å². The van der Waals surface area contributed by atoms with Crippen molar-refractivity contribution in [1.29, 1.82) is 0 Å². The molecule has 0 saturated heterocycles. The predicted molar refractivity (Wildman–Crippen MR) is 76.6 cm³/mol. The first kappa shape index (κ1) is 13.1. The van der Waals surface area contributed by atoms with Gasteiger partial charge in [-0.25, -0.2) is 4.68 Å². The summed E-state index contributed by atoms with van der Waals surface area (Å²) in [5.41, 5.74) is 0.677. The summed E-state index contributed by atoms with van der Waals surface area (Å²) in [6.45, 7) is 0.471. The van der Waals surface area contributed by atoms with Crippen molar-refractivity contribution in [2.45, 2.75) is 31.8 Å². The summed E-state index contributed by atoms with van der Waals surface area (Å²) >= 11 is 1.59. The molecule has 3 rings (SSSR count). The molecule has 2 aromatic heterocycles. The van der Waals surface area contributed by atoms with E-state index in [1.165, 1.54) is 10.7 Å². The molecular weight excluding hydrogens is 274 g/mol. The van der Waals surface area contributed by atoms with Crippen LogP contribution in [0.2, 0.25) is 0 Å². The fraction of sp³-hybridized carbons (Fsp3) is 0.357. The van der Waals surface area contributed by atoms with Gasteiger partial charge in [0.05, 0.1) is 12.2 Å². The summed E-state index contributed by atoms with van der Waals surface area (Å²) in [5.74, 6) is 0.275. The van der Waals surface area contributed by atoms with Crippen LogP contribution in [0.1, 0.15) is 29.3 Å². The molecule has 6 heteroatoms. The third-order valence-corrected chi connectivity index (χ3v) is 4.09. The third kappa shape index (κ3) is 3.14. The van der Waals surface area contributed by atoms with Crippen LogP contribution in [0.25, 0.3) is 0 Å². The molecule has 0 bridgehead atoms. The minimum atomic E-state index is -0.235. The molecule has 1 fully saturated rings. The summed E-state index contributed by atoms with van der Waals surface area (Å²) in [5, 5.41) is 9.03. The van der Waals surface area contributed by atoms with Crippen LogP contribution in [0, 0.1) is 0 Å². The summed E-state index contributed by atoms with van der Waals surface area (Å²) < 4.78 is 1.25. The van der Waals surface area contributed by atoms with Gasteiger partial charge in [0, 0.05) is 16.9 Å².